The van der Waals surface area contributed by atoms with Crippen molar-refractivity contribution in [3.05, 3.63) is 53.1 Å². The van der Waals surface area contributed by atoms with E-state index in [4.69, 9.17) is 27.4 Å². The Kier molecular flexibility index (Phi) is 4.81. The van der Waals surface area contributed by atoms with Gasteiger partial charge in [0.25, 0.3) is 0 Å². The summed E-state index contributed by atoms with van der Waals surface area (Å²) < 4.78 is 11.4. The largest absolute Gasteiger partial charge is 0.493 e. The van der Waals surface area contributed by atoms with E-state index in [1.165, 1.54) is 5.56 Å². The van der Waals surface area contributed by atoms with E-state index >= 15 is 0 Å². The van der Waals surface area contributed by atoms with Gasteiger partial charge in [0.2, 0.25) is 0 Å². The standard InChI is InChI=1S/C17H19NO2S/c1-4-12-6-8-14(16(10-12)19-3)20-15-9-11(2)5-7-13(15)17(18)21/h5-10H,4H2,1-3H3,(H2,18,21). The Morgan fingerprint density at radius 2 is 1.86 bits per heavy atom. The summed E-state index contributed by atoms with van der Waals surface area (Å²) in [5.41, 5.74) is 8.74. The molecule has 0 aliphatic heterocycles. The highest BCUT2D eigenvalue weighted by molar-refractivity contribution is 7.80. The van der Waals surface area contributed by atoms with Crippen LogP contribution < -0.4 is 15.2 Å². The van der Waals surface area contributed by atoms with Crippen molar-refractivity contribution in [1.82, 2.24) is 0 Å². The predicted molar refractivity (Wildman–Crippen MR) is 89.5 cm³/mol. The lowest BCUT2D eigenvalue weighted by Gasteiger charge is -2.14. The number of hydrogen-bond acceptors (Lipinski definition) is 3. The van der Waals surface area contributed by atoms with E-state index < -0.39 is 0 Å². The fraction of sp³-hybridized carbons (Fsp3) is 0.235. The average molecular weight is 301 g/mol. The second-order valence-corrected chi connectivity index (χ2v) is 5.24. The highest BCUT2D eigenvalue weighted by atomic mass is 32.1. The SMILES string of the molecule is CCc1ccc(Oc2cc(C)ccc2C(N)=S)c(OC)c1. The normalized spacial score (nSPS) is 10.2. The lowest BCUT2D eigenvalue weighted by Crippen LogP contribution is -2.11. The van der Waals surface area contributed by atoms with Gasteiger partial charge in [-0.1, -0.05) is 31.3 Å². The minimum atomic E-state index is 0.314. The summed E-state index contributed by atoms with van der Waals surface area (Å²) in [5.74, 6) is 1.99. The molecule has 0 aliphatic carbocycles. The van der Waals surface area contributed by atoms with Gasteiger partial charge in [-0.05, 0) is 48.7 Å². The molecule has 0 unspecified atom stereocenters. The lowest BCUT2D eigenvalue weighted by atomic mass is 10.1. The van der Waals surface area contributed by atoms with E-state index in [-0.39, 0.29) is 0 Å². The zero-order valence-corrected chi connectivity index (χ0v) is 13.3. The first kappa shape index (κ1) is 15.3. The summed E-state index contributed by atoms with van der Waals surface area (Å²) in [7, 11) is 1.63. The van der Waals surface area contributed by atoms with Crippen LogP contribution in [0.3, 0.4) is 0 Å². The fourth-order valence-electron chi connectivity index (χ4n) is 2.05. The number of hydrogen-bond donors (Lipinski definition) is 1. The zero-order valence-electron chi connectivity index (χ0n) is 12.5. The highest BCUT2D eigenvalue weighted by Crippen LogP contribution is 2.34. The van der Waals surface area contributed by atoms with E-state index in [1.54, 1.807) is 7.11 Å². The van der Waals surface area contributed by atoms with Gasteiger partial charge >= 0.3 is 0 Å². The summed E-state index contributed by atoms with van der Waals surface area (Å²) in [6.45, 7) is 4.09. The monoisotopic (exact) mass is 301 g/mol. The fourth-order valence-corrected chi connectivity index (χ4v) is 2.22. The summed E-state index contributed by atoms with van der Waals surface area (Å²) in [6, 6.07) is 11.7. The molecule has 0 aromatic heterocycles. The molecule has 0 saturated carbocycles. The van der Waals surface area contributed by atoms with Crippen LogP contribution in [0.2, 0.25) is 0 Å². The van der Waals surface area contributed by atoms with Crippen molar-refractivity contribution >= 4 is 17.2 Å². The summed E-state index contributed by atoms with van der Waals surface area (Å²) in [6.07, 6.45) is 0.944. The number of aryl methyl sites for hydroxylation is 2. The molecule has 2 rings (SSSR count). The van der Waals surface area contributed by atoms with Crippen molar-refractivity contribution in [2.24, 2.45) is 5.73 Å². The van der Waals surface area contributed by atoms with Crippen molar-refractivity contribution in [2.75, 3.05) is 7.11 Å². The van der Waals surface area contributed by atoms with Crippen LogP contribution in [0.25, 0.3) is 0 Å². The van der Waals surface area contributed by atoms with Crippen molar-refractivity contribution in [3.8, 4) is 17.2 Å². The van der Waals surface area contributed by atoms with E-state index in [0.29, 0.717) is 22.2 Å². The van der Waals surface area contributed by atoms with Crippen LogP contribution >= 0.6 is 12.2 Å². The molecule has 0 bridgehead atoms. The van der Waals surface area contributed by atoms with Gasteiger partial charge in [-0.3, -0.25) is 0 Å². The first-order valence-electron chi connectivity index (χ1n) is 6.80. The minimum absolute atomic E-state index is 0.314. The summed E-state index contributed by atoms with van der Waals surface area (Å²) >= 11 is 5.08. The van der Waals surface area contributed by atoms with Crippen LogP contribution in [0.1, 0.15) is 23.6 Å². The van der Waals surface area contributed by atoms with Crippen molar-refractivity contribution in [2.45, 2.75) is 20.3 Å². The maximum Gasteiger partial charge on any atom is 0.169 e. The van der Waals surface area contributed by atoms with Gasteiger partial charge < -0.3 is 15.2 Å². The Bertz CT molecular complexity index is 668. The molecule has 2 N–H and O–H groups in total. The van der Waals surface area contributed by atoms with E-state index in [2.05, 4.69) is 6.92 Å². The Morgan fingerprint density at radius 1 is 1.10 bits per heavy atom. The molecule has 0 spiro atoms. The maximum atomic E-state index is 5.98. The quantitative estimate of drug-likeness (QED) is 0.848. The maximum absolute atomic E-state index is 5.98. The molecule has 0 radical (unpaired) electrons. The third-order valence-electron chi connectivity index (χ3n) is 3.26. The number of nitrogens with two attached hydrogens (primary N) is 1. The van der Waals surface area contributed by atoms with Gasteiger partial charge in [0.05, 0.1) is 12.7 Å². The molecular formula is C17H19NO2S. The molecule has 110 valence electrons. The van der Waals surface area contributed by atoms with Crippen molar-refractivity contribution < 1.29 is 9.47 Å². The highest BCUT2D eigenvalue weighted by Gasteiger charge is 2.11. The Morgan fingerprint density at radius 3 is 2.48 bits per heavy atom. The molecule has 0 heterocycles. The molecule has 0 aliphatic rings. The first-order valence-corrected chi connectivity index (χ1v) is 7.21. The predicted octanol–water partition coefficient (Wildman–Crippen LogP) is 3.99. The second-order valence-electron chi connectivity index (χ2n) is 4.80. The van der Waals surface area contributed by atoms with Gasteiger partial charge in [-0.2, -0.15) is 0 Å². The smallest absolute Gasteiger partial charge is 0.169 e. The Hall–Kier alpha value is -2.07. The third-order valence-corrected chi connectivity index (χ3v) is 3.48. The first-order chi connectivity index (χ1) is 10.0. The zero-order chi connectivity index (χ0) is 15.4. The van der Waals surface area contributed by atoms with Gasteiger partial charge in [-0.25, -0.2) is 0 Å². The molecule has 0 fully saturated rings. The van der Waals surface area contributed by atoms with E-state index in [9.17, 15) is 0 Å². The van der Waals surface area contributed by atoms with Crippen LogP contribution in [0, 0.1) is 6.92 Å². The minimum Gasteiger partial charge on any atom is -0.493 e. The topological polar surface area (TPSA) is 44.5 Å². The molecule has 4 heteroatoms. The Labute approximate surface area is 130 Å². The van der Waals surface area contributed by atoms with Gasteiger partial charge in [0.1, 0.15) is 10.7 Å². The average Bonchev–Trinajstić information content (AvgIpc) is 2.47. The van der Waals surface area contributed by atoms with Gasteiger partial charge in [0, 0.05) is 0 Å². The van der Waals surface area contributed by atoms with Crippen LogP contribution in [-0.4, -0.2) is 12.1 Å². The molecular weight excluding hydrogens is 282 g/mol. The van der Waals surface area contributed by atoms with E-state index in [1.807, 2.05) is 43.3 Å². The van der Waals surface area contributed by atoms with Crippen LogP contribution in [0.15, 0.2) is 36.4 Å². The van der Waals surface area contributed by atoms with Gasteiger partial charge in [0.15, 0.2) is 11.5 Å². The number of ether oxygens (including phenoxy) is 2. The van der Waals surface area contributed by atoms with Gasteiger partial charge in [-0.15, -0.1) is 0 Å². The van der Waals surface area contributed by atoms with Crippen molar-refractivity contribution in [1.29, 1.82) is 0 Å². The molecule has 0 amide bonds. The number of thiocarbonyl (C=S) groups is 1. The molecule has 0 saturated heterocycles. The van der Waals surface area contributed by atoms with Crippen LogP contribution in [0.4, 0.5) is 0 Å². The van der Waals surface area contributed by atoms with Crippen LogP contribution in [0.5, 0.6) is 17.2 Å². The second kappa shape index (κ2) is 6.59. The summed E-state index contributed by atoms with van der Waals surface area (Å²) in [4.78, 5) is 0.314. The number of rotatable bonds is 5. The number of methoxy groups -OCH3 is 1. The molecule has 2 aromatic rings. The van der Waals surface area contributed by atoms with Crippen molar-refractivity contribution in [3.63, 3.8) is 0 Å². The van der Waals surface area contributed by atoms with Crippen LogP contribution in [-0.2, 0) is 6.42 Å². The number of benzene rings is 2. The molecule has 0 atom stereocenters. The third kappa shape index (κ3) is 3.52. The molecule has 2 aromatic carbocycles. The summed E-state index contributed by atoms with van der Waals surface area (Å²) in [5, 5.41) is 0. The molecule has 21 heavy (non-hydrogen) atoms. The molecule has 3 nitrogen and oxygen atoms in total. The lowest BCUT2D eigenvalue weighted by molar-refractivity contribution is 0.378. The Balaban J connectivity index is 2.42. The van der Waals surface area contributed by atoms with E-state index in [0.717, 1.165) is 17.5 Å².